The molecule has 4 nitrogen and oxygen atoms in total. The number of ether oxygens (including phenoxy) is 1. The lowest BCUT2D eigenvalue weighted by Crippen LogP contribution is -2.45. The topological polar surface area (TPSA) is 58.6 Å². The van der Waals surface area contributed by atoms with Crippen molar-refractivity contribution in [2.24, 2.45) is 0 Å². The molecule has 0 bridgehead atoms. The van der Waals surface area contributed by atoms with Crippen LogP contribution in [-0.2, 0) is 9.53 Å². The molecule has 0 aromatic heterocycles. The maximum Gasteiger partial charge on any atom is 0.325 e. The molecule has 4 heteroatoms. The van der Waals surface area contributed by atoms with E-state index in [1.807, 2.05) is 0 Å². The summed E-state index contributed by atoms with van der Waals surface area (Å²) in [5.41, 5.74) is -0.686. The van der Waals surface area contributed by atoms with Crippen molar-refractivity contribution in [1.29, 1.82) is 0 Å². The highest BCUT2D eigenvalue weighted by atomic mass is 16.5. The zero-order valence-electron chi connectivity index (χ0n) is 6.76. The monoisotopic (exact) mass is 159 g/mol. The van der Waals surface area contributed by atoms with E-state index in [0.29, 0.717) is 13.0 Å². The van der Waals surface area contributed by atoms with E-state index in [1.54, 1.807) is 6.92 Å². The fourth-order valence-corrected chi connectivity index (χ4v) is 1.34. The van der Waals surface area contributed by atoms with Crippen molar-refractivity contribution in [3.63, 3.8) is 0 Å². The van der Waals surface area contributed by atoms with Gasteiger partial charge in [0.2, 0.25) is 0 Å². The van der Waals surface area contributed by atoms with E-state index in [2.05, 4.69) is 10.1 Å². The van der Waals surface area contributed by atoms with Crippen LogP contribution in [0.15, 0.2) is 0 Å². The molecule has 1 fully saturated rings. The quantitative estimate of drug-likeness (QED) is 0.495. The molecule has 0 radical (unpaired) electrons. The van der Waals surface area contributed by atoms with Gasteiger partial charge in [0.25, 0.3) is 0 Å². The minimum absolute atomic E-state index is 0.311. The van der Waals surface area contributed by atoms with Gasteiger partial charge in [0.05, 0.1) is 13.2 Å². The number of aliphatic hydroxyl groups is 1. The van der Waals surface area contributed by atoms with Gasteiger partial charge < -0.3 is 9.84 Å². The molecule has 0 aromatic rings. The molecule has 0 aliphatic carbocycles. The highest BCUT2D eigenvalue weighted by Crippen LogP contribution is 2.19. The van der Waals surface area contributed by atoms with Crippen LogP contribution in [0.25, 0.3) is 0 Å². The number of aliphatic hydroxyl groups excluding tert-OH is 1. The number of β-amino-alcohol motifs (C(OH)–C–C–N with tert-alkyl or cyclic N) is 1. The molecule has 0 aromatic carbocycles. The van der Waals surface area contributed by atoms with Crippen molar-refractivity contribution >= 4 is 5.97 Å². The van der Waals surface area contributed by atoms with Crippen LogP contribution in [0.2, 0.25) is 0 Å². The third-order valence-corrected chi connectivity index (χ3v) is 2.01. The Morgan fingerprint density at radius 3 is 2.82 bits per heavy atom. The molecule has 64 valence electrons. The lowest BCUT2D eigenvalue weighted by atomic mass is 10.00. The van der Waals surface area contributed by atoms with Crippen molar-refractivity contribution in [2.45, 2.75) is 25.0 Å². The van der Waals surface area contributed by atoms with E-state index >= 15 is 0 Å². The third kappa shape index (κ3) is 1.52. The Balaban J connectivity index is 2.61. The molecule has 1 saturated heterocycles. The van der Waals surface area contributed by atoms with E-state index in [0.717, 1.165) is 0 Å². The van der Waals surface area contributed by atoms with Gasteiger partial charge in [-0.25, -0.2) is 0 Å². The van der Waals surface area contributed by atoms with Crippen molar-refractivity contribution in [3.05, 3.63) is 0 Å². The normalized spacial score (nSPS) is 37.2. The molecule has 1 aliphatic heterocycles. The Bertz CT molecular complexity index is 171. The van der Waals surface area contributed by atoms with E-state index < -0.39 is 11.6 Å². The number of hydrogen-bond donors (Lipinski definition) is 2. The van der Waals surface area contributed by atoms with Crippen molar-refractivity contribution in [3.8, 4) is 0 Å². The average Bonchev–Trinajstić information content (AvgIpc) is 2.31. The van der Waals surface area contributed by atoms with Crippen LogP contribution >= 0.6 is 0 Å². The van der Waals surface area contributed by atoms with Gasteiger partial charge >= 0.3 is 5.97 Å². The van der Waals surface area contributed by atoms with E-state index in [9.17, 15) is 4.79 Å². The fourth-order valence-electron chi connectivity index (χ4n) is 1.34. The van der Waals surface area contributed by atoms with Gasteiger partial charge in [-0.2, -0.15) is 0 Å². The van der Waals surface area contributed by atoms with Crippen LogP contribution in [0.4, 0.5) is 0 Å². The smallest absolute Gasteiger partial charge is 0.325 e. The van der Waals surface area contributed by atoms with Crippen LogP contribution in [0.5, 0.6) is 0 Å². The Morgan fingerprint density at radius 1 is 1.82 bits per heavy atom. The molecular weight excluding hydrogens is 146 g/mol. The first kappa shape index (κ1) is 8.49. The molecule has 0 unspecified atom stereocenters. The fraction of sp³-hybridized carbons (Fsp3) is 0.857. The molecule has 0 amide bonds. The Hall–Kier alpha value is -0.610. The highest BCUT2D eigenvalue weighted by molar-refractivity contribution is 5.80. The zero-order valence-corrected chi connectivity index (χ0v) is 6.76. The van der Waals surface area contributed by atoms with Gasteiger partial charge in [0.1, 0.15) is 5.54 Å². The van der Waals surface area contributed by atoms with Crippen molar-refractivity contribution in [1.82, 2.24) is 5.32 Å². The lowest BCUT2D eigenvalue weighted by Gasteiger charge is -2.19. The predicted molar refractivity (Wildman–Crippen MR) is 39.0 cm³/mol. The molecule has 0 spiro atoms. The summed E-state index contributed by atoms with van der Waals surface area (Å²) >= 11 is 0. The third-order valence-electron chi connectivity index (χ3n) is 2.01. The Labute approximate surface area is 65.5 Å². The first-order valence-corrected chi connectivity index (χ1v) is 3.60. The lowest BCUT2D eigenvalue weighted by molar-refractivity contribution is -0.147. The van der Waals surface area contributed by atoms with Gasteiger partial charge in [-0.3, -0.25) is 10.1 Å². The number of carbonyl (C=O) groups excluding carboxylic acids is 1. The van der Waals surface area contributed by atoms with Crippen molar-refractivity contribution < 1.29 is 14.6 Å². The highest BCUT2D eigenvalue weighted by Gasteiger charge is 2.41. The molecular formula is C7H13NO3. The van der Waals surface area contributed by atoms with Gasteiger partial charge in [0, 0.05) is 13.0 Å². The number of carbonyl (C=O) groups is 1. The van der Waals surface area contributed by atoms with E-state index in [-0.39, 0.29) is 5.97 Å². The van der Waals surface area contributed by atoms with Crippen LogP contribution < -0.4 is 5.32 Å². The molecule has 0 saturated carbocycles. The molecule has 1 aliphatic rings. The largest absolute Gasteiger partial charge is 0.468 e. The summed E-state index contributed by atoms with van der Waals surface area (Å²) in [6, 6.07) is 0. The number of esters is 1. The number of methoxy groups -OCH3 is 1. The van der Waals surface area contributed by atoms with Crippen LogP contribution in [0.1, 0.15) is 13.3 Å². The Kier molecular flexibility index (Phi) is 2.15. The zero-order chi connectivity index (χ0) is 8.48. The number of hydrogen-bond acceptors (Lipinski definition) is 4. The Morgan fingerprint density at radius 2 is 2.45 bits per heavy atom. The molecule has 1 rings (SSSR count). The minimum atomic E-state index is -0.686. The molecule has 2 N–H and O–H groups in total. The summed E-state index contributed by atoms with van der Waals surface area (Å²) in [6.07, 6.45) is -0.00116. The van der Waals surface area contributed by atoms with Gasteiger partial charge in [-0.1, -0.05) is 0 Å². The maximum absolute atomic E-state index is 11.1. The number of nitrogens with one attached hydrogen (secondary N) is 1. The summed E-state index contributed by atoms with van der Waals surface area (Å²) in [5, 5.41) is 12.0. The molecule has 11 heavy (non-hydrogen) atoms. The maximum atomic E-state index is 11.1. The van der Waals surface area contributed by atoms with Crippen LogP contribution in [0.3, 0.4) is 0 Å². The summed E-state index contributed by atoms with van der Waals surface area (Å²) in [5.74, 6) is -0.311. The molecule has 2 atom stereocenters. The second-order valence-corrected chi connectivity index (χ2v) is 3.06. The average molecular weight is 159 g/mol. The summed E-state index contributed by atoms with van der Waals surface area (Å²) < 4.78 is 4.57. The summed E-state index contributed by atoms with van der Waals surface area (Å²) in [4.78, 5) is 11.1. The van der Waals surface area contributed by atoms with Crippen molar-refractivity contribution in [2.75, 3.05) is 13.7 Å². The standard InChI is InChI=1S/C7H13NO3/c1-7(6(10)11-2)3-5(9)4-8-7/h5,8-9H,3-4H2,1-2H3/t5-,7+/m1/s1. The summed E-state index contributed by atoms with van der Waals surface area (Å²) in [6.45, 7) is 2.20. The first-order valence-electron chi connectivity index (χ1n) is 3.60. The SMILES string of the molecule is COC(=O)[C@]1(C)C[C@@H](O)CN1. The molecule has 1 heterocycles. The van der Waals surface area contributed by atoms with E-state index in [4.69, 9.17) is 5.11 Å². The van der Waals surface area contributed by atoms with Crippen LogP contribution in [-0.4, -0.2) is 36.4 Å². The van der Waals surface area contributed by atoms with E-state index in [1.165, 1.54) is 7.11 Å². The van der Waals surface area contributed by atoms with Gasteiger partial charge in [-0.15, -0.1) is 0 Å². The van der Waals surface area contributed by atoms with Crippen LogP contribution in [0, 0.1) is 0 Å². The second kappa shape index (κ2) is 2.79. The minimum Gasteiger partial charge on any atom is -0.468 e. The second-order valence-electron chi connectivity index (χ2n) is 3.06. The first-order chi connectivity index (χ1) is 5.08. The van der Waals surface area contributed by atoms with Gasteiger partial charge in [-0.05, 0) is 6.92 Å². The summed E-state index contributed by atoms with van der Waals surface area (Å²) in [7, 11) is 1.35. The predicted octanol–water partition coefficient (Wildman–Crippen LogP) is -0.728. The van der Waals surface area contributed by atoms with Gasteiger partial charge in [0.15, 0.2) is 0 Å². The number of rotatable bonds is 1.